The van der Waals surface area contributed by atoms with Crippen LogP contribution in [0.3, 0.4) is 0 Å². The van der Waals surface area contributed by atoms with Crippen molar-refractivity contribution in [3.05, 3.63) is 67.9 Å². The number of fused-ring (bicyclic) bond motifs is 1. The molecule has 0 aliphatic heterocycles. The van der Waals surface area contributed by atoms with Crippen LogP contribution in [0.25, 0.3) is 16.6 Å². The van der Waals surface area contributed by atoms with E-state index in [9.17, 15) is 4.79 Å². The van der Waals surface area contributed by atoms with Crippen molar-refractivity contribution in [2.24, 2.45) is 0 Å². The molecule has 26 heavy (non-hydrogen) atoms. The van der Waals surface area contributed by atoms with Gasteiger partial charge in [-0.2, -0.15) is 4.68 Å². The summed E-state index contributed by atoms with van der Waals surface area (Å²) in [5.41, 5.74) is 1.25. The molecule has 6 nitrogen and oxygen atoms in total. The van der Waals surface area contributed by atoms with Gasteiger partial charge in [-0.15, -0.1) is 10.2 Å². The van der Waals surface area contributed by atoms with Gasteiger partial charge in [0.2, 0.25) is 0 Å². The highest BCUT2D eigenvalue weighted by Gasteiger charge is 2.09. The van der Waals surface area contributed by atoms with Crippen molar-refractivity contribution in [2.75, 3.05) is 0 Å². The van der Waals surface area contributed by atoms with Crippen LogP contribution < -0.4 is 5.56 Å². The molecule has 4 aromatic rings. The fourth-order valence-electron chi connectivity index (χ4n) is 2.29. The number of rotatable bonds is 4. The molecule has 4 rings (SSSR count). The van der Waals surface area contributed by atoms with E-state index in [1.54, 1.807) is 28.9 Å². The Labute approximate surface area is 166 Å². The molecule has 130 valence electrons. The highest BCUT2D eigenvalue weighted by Crippen LogP contribution is 2.25. The van der Waals surface area contributed by atoms with E-state index in [1.165, 1.54) is 27.8 Å². The van der Waals surface area contributed by atoms with E-state index in [2.05, 4.69) is 15.4 Å². The minimum absolute atomic E-state index is 0.177. The van der Waals surface area contributed by atoms with E-state index in [0.29, 0.717) is 25.8 Å². The fourth-order valence-corrected chi connectivity index (χ4v) is 4.63. The summed E-state index contributed by atoms with van der Waals surface area (Å²) in [6, 6.07) is 14.4. The number of benzene rings is 2. The lowest BCUT2D eigenvalue weighted by atomic mass is 10.2. The van der Waals surface area contributed by atoms with Crippen LogP contribution in [0.4, 0.5) is 0 Å². The molecule has 0 amide bonds. The molecule has 0 N–H and O–H groups in total. The first-order chi connectivity index (χ1) is 12.6. The number of aromatic nitrogens is 5. The molecule has 2 heterocycles. The molecular weight excluding hydrogens is 410 g/mol. The predicted octanol–water partition coefficient (Wildman–Crippen LogP) is 4.17. The molecule has 2 aromatic heterocycles. The number of halogens is 1. The number of nitrogens with zero attached hydrogens (tertiary/aromatic N) is 5. The van der Waals surface area contributed by atoms with Gasteiger partial charge >= 0.3 is 0 Å². The Kier molecular flexibility index (Phi) is 4.86. The van der Waals surface area contributed by atoms with Gasteiger partial charge in [-0.05, 0) is 48.6 Å². The molecule has 2 aromatic carbocycles. The van der Waals surface area contributed by atoms with Crippen LogP contribution in [-0.4, -0.2) is 24.8 Å². The summed E-state index contributed by atoms with van der Waals surface area (Å²) in [6.07, 6.45) is 0. The summed E-state index contributed by atoms with van der Waals surface area (Å²) in [5.74, 6) is 0.305. The molecule has 0 aliphatic rings. The summed E-state index contributed by atoms with van der Waals surface area (Å²) in [6.45, 7) is 0. The zero-order valence-corrected chi connectivity index (χ0v) is 16.3. The summed E-state index contributed by atoms with van der Waals surface area (Å²) in [4.78, 5) is 12.5. The van der Waals surface area contributed by atoms with E-state index in [1.807, 2.05) is 24.3 Å². The molecule has 0 unspecified atom stereocenters. The fraction of sp³-hybridized carbons (Fsp3) is 0.0625. The molecule has 0 fully saturated rings. The molecule has 10 heteroatoms. The highest BCUT2D eigenvalue weighted by atomic mass is 35.5. The van der Waals surface area contributed by atoms with Crippen molar-refractivity contribution in [2.45, 2.75) is 10.2 Å². The topological polar surface area (TPSA) is 65.6 Å². The second kappa shape index (κ2) is 7.28. The summed E-state index contributed by atoms with van der Waals surface area (Å²) in [5, 5.41) is 13.8. The largest absolute Gasteiger partial charge is 0.278 e. The van der Waals surface area contributed by atoms with Gasteiger partial charge in [-0.3, -0.25) is 4.79 Å². The summed E-state index contributed by atoms with van der Waals surface area (Å²) in [7, 11) is 0. The number of hydrogen-bond acceptors (Lipinski definition) is 7. The van der Waals surface area contributed by atoms with Crippen LogP contribution in [0.5, 0.6) is 0 Å². The highest BCUT2D eigenvalue weighted by molar-refractivity contribution is 8.00. The maximum absolute atomic E-state index is 12.5. The van der Waals surface area contributed by atoms with Crippen LogP contribution in [0.1, 0.15) is 0 Å². The smallest absolute Gasteiger partial charge is 0.267 e. The molecule has 0 radical (unpaired) electrons. The van der Waals surface area contributed by atoms with Crippen molar-refractivity contribution < 1.29 is 0 Å². The zero-order chi connectivity index (χ0) is 18.1. The van der Waals surface area contributed by atoms with Crippen LogP contribution in [0.15, 0.2) is 57.7 Å². The Balaban J connectivity index is 1.58. The van der Waals surface area contributed by atoms with Gasteiger partial charge in [-0.25, -0.2) is 4.68 Å². The molecule has 0 saturated heterocycles. The van der Waals surface area contributed by atoms with E-state index < -0.39 is 0 Å². The van der Waals surface area contributed by atoms with Crippen molar-refractivity contribution in [3.63, 3.8) is 0 Å². The second-order valence-corrected chi connectivity index (χ2v) is 8.46. The molecule has 0 saturated carbocycles. The molecule has 0 aliphatic carbocycles. The predicted molar refractivity (Wildman–Crippen MR) is 107 cm³/mol. The van der Waals surface area contributed by atoms with Gasteiger partial charge < -0.3 is 0 Å². The summed E-state index contributed by atoms with van der Waals surface area (Å²) >= 11 is 14.1. The Morgan fingerprint density at radius 1 is 1.15 bits per heavy atom. The van der Waals surface area contributed by atoms with E-state index in [4.69, 9.17) is 23.8 Å². The molecule has 0 spiro atoms. The van der Waals surface area contributed by atoms with Crippen molar-refractivity contribution in [1.29, 1.82) is 0 Å². The average Bonchev–Trinajstić information content (AvgIpc) is 3.03. The maximum Gasteiger partial charge on any atom is 0.278 e. The van der Waals surface area contributed by atoms with Crippen molar-refractivity contribution >= 4 is 57.8 Å². The lowest BCUT2D eigenvalue weighted by molar-refractivity contribution is 0.644. The third-order valence-electron chi connectivity index (χ3n) is 3.54. The summed E-state index contributed by atoms with van der Waals surface area (Å²) < 4.78 is 4.36. The monoisotopic (exact) mass is 419 g/mol. The first-order valence-electron chi connectivity index (χ1n) is 7.43. The van der Waals surface area contributed by atoms with Crippen molar-refractivity contribution in [1.82, 2.24) is 24.8 Å². The van der Waals surface area contributed by atoms with Crippen LogP contribution in [-0.2, 0) is 5.88 Å². The zero-order valence-electron chi connectivity index (χ0n) is 13.1. The Morgan fingerprint density at radius 3 is 2.73 bits per heavy atom. The van der Waals surface area contributed by atoms with Gasteiger partial charge in [0.05, 0.1) is 17.0 Å². The van der Waals surface area contributed by atoms with Crippen molar-refractivity contribution in [3.8, 4) is 5.69 Å². The molecular formula is C16H10ClN5OS3. The van der Waals surface area contributed by atoms with Crippen LogP contribution >= 0.6 is 46.9 Å². The lowest BCUT2D eigenvalue weighted by Gasteiger charge is -2.03. The van der Waals surface area contributed by atoms with Gasteiger partial charge in [0, 0.05) is 5.02 Å². The van der Waals surface area contributed by atoms with E-state index in [0.717, 1.165) is 10.0 Å². The second-order valence-electron chi connectivity index (χ2n) is 5.21. The van der Waals surface area contributed by atoms with Gasteiger partial charge in [0.15, 0.2) is 8.29 Å². The minimum Gasteiger partial charge on any atom is -0.267 e. The SMILES string of the molecule is O=c1c2ccccc2nnn1CSc1nn(-c2ccc(Cl)cc2)c(=S)s1. The maximum atomic E-state index is 12.5. The lowest BCUT2D eigenvalue weighted by Crippen LogP contribution is -2.23. The van der Waals surface area contributed by atoms with Gasteiger partial charge in [0.25, 0.3) is 5.56 Å². The first kappa shape index (κ1) is 17.3. The Hall–Kier alpha value is -2.07. The van der Waals surface area contributed by atoms with Gasteiger partial charge in [0.1, 0.15) is 5.52 Å². The quantitative estimate of drug-likeness (QED) is 0.365. The van der Waals surface area contributed by atoms with Crippen LogP contribution in [0, 0.1) is 3.95 Å². The third kappa shape index (κ3) is 3.43. The Morgan fingerprint density at radius 2 is 1.92 bits per heavy atom. The van der Waals surface area contributed by atoms with E-state index >= 15 is 0 Å². The Bertz CT molecular complexity index is 1200. The van der Waals surface area contributed by atoms with E-state index in [-0.39, 0.29) is 5.56 Å². The number of thioether (sulfide) groups is 1. The number of hydrogen-bond donors (Lipinski definition) is 0. The third-order valence-corrected chi connectivity index (χ3v) is 6.12. The van der Waals surface area contributed by atoms with Gasteiger partial charge in [-0.1, -0.05) is 52.0 Å². The first-order valence-corrected chi connectivity index (χ1v) is 10.0. The van der Waals surface area contributed by atoms with Crippen LogP contribution in [0.2, 0.25) is 5.02 Å². The normalized spacial score (nSPS) is 11.1. The average molecular weight is 420 g/mol. The minimum atomic E-state index is -0.177. The standard InChI is InChI=1S/C16H10ClN5OS3/c17-10-5-7-11(8-6-10)22-16(24)26-15(19-22)25-9-21-14(23)12-3-1-2-4-13(12)18-20-21/h1-8H,9H2. The molecule has 0 atom stereocenters. The molecule has 0 bridgehead atoms.